The van der Waals surface area contributed by atoms with Crippen LogP contribution in [-0.2, 0) is 6.42 Å². The van der Waals surface area contributed by atoms with Gasteiger partial charge in [0.05, 0.1) is 14.2 Å². The van der Waals surface area contributed by atoms with E-state index in [1.165, 1.54) is 20.3 Å². The molecule has 0 bridgehead atoms. The van der Waals surface area contributed by atoms with Gasteiger partial charge >= 0.3 is 5.97 Å². The van der Waals surface area contributed by atoms with Gasteiger partial charge in [-0.1, -0.05) is 6.07 Å². The van der Waals surface area contributed by atoms with E-state index >= 15 is 0 Å². The molecule has 2 rings (SSSR count). The number of amides is 1. The fourth-order valence-electron chi connectivity index (χ4n) is 2.24. The van der Waals surface area contributed by atoms with Crippen LogP contribution < -0.4 is 14.8 Å². The lowest BCUT2D eigenvalue weighted by molar-refractivity contribution is 0.0693. The number of carbonyl (C=O) groups is 2. The molecule has 1 heterocycles. The number of rotatable bonds is 7. The topological polar surface area (TPSA) is 97.8 Å². The molecular weight excluding hydrogens is 392 g/mol. The van der Waals surface area contributed by atoms with Crippen molar-refractivity contribution in [3.63, 3.8) is 0 Å². The van der Waals surface area contributed by atoms with E-state index in [4.69, 9.17) is 14.6 Å². The summed E-state index contributed by atoms with van der Waals surface area (Å²) >= 11 is 3.27. The van der Waals surface area contributed by atoms with Gasteiger partial charge in [0.25, 0.3) is 5.91 Å². The second kappa shape index (κ2) is 8.48. The van der Waals surface area contributed by atoms with E-state index in [1.807, 2.05) is 0 Å². The summed E-state index contributed by atoms with van der Waals surface area (Å²) in [6, 6.07) is 6.46. The predicted octanol–water partition coefficient (Wildman–Crippen LogP) is 2.53. The number of aromatic carboxylic acids is 1. The average Bonchev–Trinajstić information content (AvgIpc) is 2.61. The molecule has 0 aliphatic heterocycles. The zero-order valence-corrected chi connectivity index (χ0v) is 15.3. The normalized spacial score (nSPS) is 10.2. The first-order chi connectivity index (χ1) is 12.0. The number of nitrogens with zero attached hydrogens (tertiary/aromatic N) is 1. The van der Waals surface area contributed by atoms with Gasteiger partial charge in [0, 0.05) is 17.2 Å². The van der Waals surface area contributed by atoms with Gasteiger partial charge in [-0.25, -0.2) is 9.78 Å². The summed E-state index contributed by atoms with van der Waals surface area (Å²) < 4.78 is 10.8. The zero-order chi connectivity index (χ0) is 18.4. The highest BCUT2D eigenvalue weighted by atomic mass is 79.9. The van der Waals surface area contributed by atoms with Crippen molar-refractivity contribution in [2.45, 2.75) is 6.42 Å². The molecule has 0 aliphatic rings. The van der Waals surface area contributed by atoms with Crippen LogP contribution >= 0.6 is 15.9 Å². The third-order valence-corrected chi connectivity index (χ3v) is 3.88. The Kier molecular flexibility index (Phi) is 6.35. The predicted molar refractivity (Wildman–Crippen MR) is 94.5 cm³/mol. The average molecular weight is 409 g/mol. The van der Waals surface area contributed by atoms with Gasteiger partial charge in [-0.05, 0) is 46.1 Å². The van der Waals surface area contributed by atoms with Gasteiger partial charge in [-0.2, -0.15) is 0 Å². The molecule has 2 N–H and O–H groups in total. The highest BCUT2D eigenvalue weighted by Crippen LogP contribution is 2.21. The first-order valence-electron chi connectivity index (χ1n) is 7.34. The van der Waals surface area contributed by atoms with Crippen molar-refractivity contribution in [1.82, 2.24) is 10.3 Å². The SMILES string of the molecule is COc1cc(CCNC(=O)c2cc(Br)cnc2OC)ccc1C(=O)O. The quantitative estimate of drug-likeness (QED) is 0.730. The van der Waals surface area contributed by atoms with E-state index in [-0.39, 0.29) is 23.1 Å². The number of benzene rings is 1. The molecule has 1 aromatic heterocycles. The number of aromatic nitrogens is 1. The highest BCUT2D eigenvalue weighted by molar-refractivity contribution is 9.10. The zero-order valence-electron chi connectivity index (χ0n) is 13.7. The maximum absolute atomic E-state index is 12.3. The van der Waals surface area contributed by atoms with Crippen molar-refractivity contribution in [2.24, 2.45) is 0 Å². The van der Waals surface area contributed by atoms with Gasteiger partial charge in [-0.3, -0.25) is 4.79 Å². The molecule has 8 heteroatoms. The Balaban J connectivity index is 2.02. The fourth-order valence-corrected chi connectivity index (χ4v) is 2.57. The van der Waals surface area contributed by atoms with E-state index < -0.39 is 5.97 Å². The van der Waals surface area contributed by atoms with Crippen LogP contribution in [0.1, 0.15) is 26.3 Å². The minimum Gasteiger partial charge on any atom is -0.496 e. The van der Waals surface area contributed by atoms with Crippen LogP contribution in [0.3, 0.4) is 0 Å². The minimum absolute atomic E-state index is 0.0974. The number of hydrogen-bond acceptors (Lipinski definition) is 5. The van der Waals surface area contributed by atoms with Gasteiger partial charge in [0.2, 0.25) is 5.88 Å². The maximum Gasteiger partial charge on any atom is 0.339 e. The van der Waals surface area contributed by atoms with Crippen LogP contribution in [0.4, 0.5) is 0 Å². The van der Waals surface area contributed by atoms with E-state index in [1.54, 1.807) is 24.4 Å². The third kappa shape index (κ3) is 4.69. The molecule has 0 fully saturated rings. The maximum atomic E-state index is 12.3. The van der Waals surface area contributed by atoms with Crippen molar-refractivity contribution in [1.29, 1.82) is 0 Å². The van der Waals surface area contributed by atoms with Crippen LogP contribution in [0.25, 0.3) is 0 Å². The number of ether oxygens (including phenoxy) is 2. The summed E-state index contributed by atoms with van der Waals surface area (Å²) in [7, 11) is 2.86. The number of halogens is 1. The molecular formula is C17H17BrN2O5. The molecule has 0 unspecified atom stereocenters. The summed E-state index contributed by atoms with van der Waals surface area (Å²) in [6.07, 6.45) is 2.07. The lowest BCUT2D eigenvalue weighted by atomic mass is 10.1. The molecule has 1 amide bonds. The molecule has 0 radical (unpaired) electrons. The lowest BCUT2D eigenvalue weighted by Crippen LogP contribution is -2.26. The number of carbonyl (C=O) groups excluding carboxylic acids is 1. The molecule has 0 spiro atoms. The second-order valence-electron chi connectivity index (χ2n) is 5.06. The molecule has 25 heavy (non-hydrogen) atoms. The van der Waals surface area contributed by atoms with Gasteiger partial charge in [0.1, 0.15) is 16.9 Å². The summed E-state index contributed by atoms with van der Waals surface area (Å²) in [4.78, 5) is 27.4. The number of nitrogens with one attached hydrogen (secondary N) is 1. The Bertz CT molecular complexity index is 795. The van der Waals surface area contributed by atoms with Crippen molar-refractivity contribution in [3.05, 3.63) is 51.6 Å². The largest absolute Gasteiger partial charge is 0.496 e. The Morgan fingerprint density at radius 2 is 1.96 bits per heavy atom. The lowest BCUT2D eigenvalue weighted by Gasteiger charge is -2.10. The highest BCUT2D eigenvalue weighted by Gasteiger charge is 2.14. The van der Waals surface area contributed by atoms with Crippen LogP contribution in [-0.4, -0.2) is 42.7 Å². The van der Waals surface area contributed by atoms with E-state index in [9.17, 15) is 9.59 Å². The summed E-state index contributed by atoms with van der Waals surface area (Å²) in [5, 5.41) is 11.9. The van der Waals surface area contributed by atoms with Crippen molar-refractivity contribution in [3.8, 4) is 11.6 Å². The first-order valence-corrected chi connectivity index (χ1v) is 8.13. The van der Waals surface area contributed by atoms with Gasteiger partial charge in [-0.15, -0.1) is 0 Å². The summed E-state index contributed by atoms with van der Waals surface area (Å²) in [6.45, 7) is 0.365. The van der Waals surface area contributed by atoms with Gasteiger partial charge in [0.15, 0.2) is 0 Å². The Morgan fingerprint density at radius 3 is 2.60 bits per heavy atom. The van der Waals surface area contributed by atoms with Crippen molar-refractivity contribution in [2.75, 3.05) is 20.8 Å². The van der Waals surface area contributed by atoms with Crippen LogP contribution in [0.15, 0.2) is 34.9 Å². The number of methoxy groups -OCH3 is 2. The first kappa shape index (κ1) is 18.7. The molecule has 1 aromatic carbocycles. The molecule has 2 aromatic rings. The number of hydrogen-bond donors (Lipinski definition) is 2. The standard InChI is InChI=1S/C17H17BrN2O5/c1-24-14-7-10(3-4-12(14)17(22)23)5-6-19-15(21)13-8-11(18)9-20-16(13)25-2/h3-4,7-9H,5-6H2,1-2H3,(H,19,21)(H,22,23). The Labute approximate surface area is 153 Å². The molecule has 132 valence electrons. The van der Waals surface area contributed by atoms with Crippen molar-refractivity contribution >= 4 is 27.8 Å². The van der Waals surface area contributed by atoms with Gasteiger partial charge < -0.3 is 19.9 Å². The number of pyridine rings is 1. The van der Waals surface area contributed by atoms with E-state index in [0.717, 1.165) is 5.56 Å². The van der Waals surface area contributed by atoms with Crippen LogP contribution in [0.2, 0.25) is 0 Å². The van der Waals surface area contributed by atoms with Crippen molar-refractivity contribution < 1.29 is 24.2 Å². The Hall–Kier alpha value is -2.61. The second-order valence-corrected chi connectivity index (χ2v) is 5.97. The summed E-state index contributed by atoms with van der Waals surface area (Å²) in [5.74, 6) is -0.826. The molecule has 0 saturated heterocycles. The smallest absolute Gasteiger partial charge is 0.339 e. The monoisotopic (exact) mass is 408 g/mol. The molecule has 0 atom stereocenters. The molecule has 0 saturated carbocycles. The number of carboxylic acid groups (broad SMARTS) is 1. The van der Waals surface area contributed by atoms with Crippen LogP contribution in [0.5, 0.6) is 11.6 Å². The fraction of sp³-hybridized carbons (Fsp3) is 0.235. The minimum atomic E-state index is -1.05. The third-order valence-electron chi connectivity index (χ3n) is 3.45. The Morgan fingerprint density at radius 1 is 1.20 bits per heavy atom. The molecule has 0 aliphatic carbocycles. The van der Waals surface area contributed by atoms with Crippen LogP contribution in [0, 0.1) is 0 Å². The van der Waals surface area contributed by atoms with E-state index in [2.05, 4.69) is 26.2 Å². The van der Waals surface area contributed by atoms with E-state index in [0.29, 0.717) is 23.0 Å². The summed E-state index contributed by atoms with van der Waals surface area (Å²) in [5.41, 5.74) is 1.28. The molecule has 7 nitrogen and oxygen atoms in total. The number of carboxylic acids is 1.